The topological polar surface area (TPSA) is 39.8 Å². The number of aryl methyl sites for hydroxylation is 1. The van der Waals surface area contributed by atoms with Gasteiger partial charge in [-0.25, -0.2) is 0 Å². The maximum absolute atomic E-state index is 12.2. The molecule has 0 spiro atoms. The number of nitrogens with zero attached hydrogens (tertiary/aromatic N) is 3. The largest absolute Gasteiger partial charge is 0.324 e. The normalized spacial score (nSPS) is 11.2. The molecule has 0 aliphatic carbocycles. The number of carbonyl (C=O) groups is 1. The zero-order chi connectivity index (χ0) is 15.5. The number of allylic oxidation sites excluding steroid dienone is 1. The maximum atomic E-state index is 12.2. The fraction of sp³-hybridized carbons (Fsp3) is 0.111. The maximum Gasteiger partial charge on any atom is 0.185 e. The van der Waals surface area contributed by atoms with Crippen LogP contribution >= 0.6 is 0 Å². The van der Waals surface area contributed by atoms with Crippen LogP contribution in [0, 0.1) is 6.92 Å². The lowest BCUT2D eigenvalue weighted by atomic mass is 10.1. The van der Waals surface area contributed by atoms with Crippen molar-refractivity contribution in [1.29, 1.82) is 0 Å². The summed E-state index contributed by atoms with van der Waals surface area (Å²) in [6, 6.07) is 11.5. The van der Waals surface area contributed by atoms with Gasteiger partial charge in [0.05, 0.1) is 6.20 Å². The van der Waals surface area contributed by atoms with Gasteiger partial charge in [-0.15, -0.1) is 0 Å². The average Bonchev–Trinajstić information content (AvgIpc) is 3.17. The Morgan fingerprint density at radius 2 is 1.82 bits per heavy atom. The lowest BCUT2D eigenvalue weighted by molar-refractivity contribution is 0.104. The first-order valence-corrected chi connectivity index (χ1v) is 7.09. The van der Waals surface area contributed by atoms with E-state index in [2.05, 4.69) is 5.10 Å². The molecule has 0 radical (unpaired) electrons. The monoisotopic (exact) mass is 291 g/mol. The highest BCUT2D eigenvalue weighted by molar-refractivity contribution is 6.06. The molecule has 22 heavy (non-hydrogen) atoms. The summed E-state index contributed by atoms with van der Waals surface area (Å²) in [5, 5.41) is 4.16. The number of aromatic nitrogens is 3. The molecule has 0 fully saturated rings. The lowest BCUT2D eigenvalue weighted by Crippen LogP contribution is -1.96. The number of hydrogen-bond acceptors (Lipinski definition) is 2. The highest BCUT2D eigenvalue weighted by Gasteiger charge is 2.04. The Morgan fingerprint density at radius 3 is 2.41 bits per heavy atom. The molecule has 0 saturated carbocycles. The van der Waals surface area contributed by atoms with Crippen molar-refractivity contribution in [3.63, 3.8) is 0 Å². The average molecular weight is 291 g/mol. The van der Waals surface area contributed by atoms with Crippen molar-refractivity contribution in [3.8, 4) is 5.69 Å². The van der Waals surface area contributed by atoms with Gasteiger partial charge in [0.15, 0.2) is 5.78 Å². The third kappa shape index (κ3) is 2.76. The standard InChI is InChI=1S/C18H17N3O/c1-14-16(13-19-20(14)2)7-10-18(22)15-5-8-17(9-6-15)21-11-3-4-12-21/h3-13H,1-2H3/b10-7+. The molecule has 2 aromatic heterocycles. The van der Waals surface area contributed by atoms with Crippen LogP contribution in [0.2, 0.25) is 0 Å². The van der Waals surface area contributed by atoms with Gasteiger partial charge < -0.3 is 4.57 Å². The van der Waals surface area contributed by atoms with Gasteiger partial charge in [-0.3, -0.25) is 9.48 Å². The third-order valence-corrected chi connectivity index (χ3v) is 3.74. The molecule has 0 unspecified atom stereocenters. The van der Waals surface area contributed by atoms with Crippen LogP contribution in [0.5, 0.6) is 0 Å². The van der Waals surface area contributed by atoms with Crippen LogP contribution in [-0.2, 0) is 7.05 Å². The molecule has 1 aromatic carbocycles. The summed E-state index contributed by atoms with van der Waals surface area (Å²) in [7, 11) is 1.88. The zero-order valence-corrected chi connectivity index (χ0v) is 12.6. The molecule has 0 amide bonds. The number of benzene rings is 1. The van der Waals surface area contributed by atoms with Gasteiger partial charge in [0.2, 0.25) is 0 Å². The van der Waals surface area contributed by atoms with Crippen molar-refractivity contribution in [2.24, 2.45) is 7.05 Å². The van der Waals surface area contributed by atoms with Crippen molar-refractivity contribution in [2.75, 3.05) is 0 Å². The van der Waals surface area contributed by atoms with Crippen LogP contribution in [0.4, 0.5) is 0 Å². The predicted octanol–water partition coefficient (Wildman–Crippen LogP) is 3.42. The first-order chi connectivity index (χ1) is 10.6. The van der Waals surface area contributed by atoms with Crippen molar-refractivity contribution >= 4 is 11.9 Å². The molecule has 0 aliphatic rings. The fourth-order valence-electron chi connectivity index (χ4n) is 2.25. The van der Waals surface area contributed by atoms with Gasteiger partial charge in [0.25, 0.3) is 0 Å². The summed E-state index contributed by atoms with van der Waals surface area (Å²) in [6.07, 6.45) is 9.11. The van der Waals surface area contributed by atoms with E-state index < -0.39 is 0 Å². The van der Waals surface area contributed by atoms with Gasteiger partial charge >= 0.3 is 0 Å². The second-order valence-corrected chi connectivity index (χ2v) is 5.14. The van der Waals surface area contributed by atoms with Crippen LogP contribution in [0.15, 0.2) is 61.1 Å². The molecule has 0 saturated heterocycles. The Labute approximate surface area is 129 Å². The van der Waals surface area contributed by atoms with Crippen LogP contribution in [-0.4, -0.2) is 20.1 Å². The quantitative estimate of drug-likeness (QED) is 0.546. The first kappa shape index (κ1) is 14.1. The van der Waals surface area contributed by atoms with Crippen LogP contribution < -0.4 is 0 Å². The molecule has 0 bridgehead atoms. The van der Waals surface area contributed by atoms with E-state index in [1.165, 1.54) is 0 Å². The number of hydrogen-bond donors (Lipinski definition) is 0. The van der Waals surface area contributed by atoms with Crippen molar-refractivity contribution in [3.05, 3.63) is 77.9 Å². The van der Waals surface area contributed by atoms with Gasteiger partial charge in [-0.1, -0.05) is 0 Å². The summed E-state index contributed by atoms with van der Waals surface area (Å²) in [5.74, 6) is -0.0118. The summed E-state index contributed by atoms with van der Waals surface area (Å²) in [4.78, 5) is 12.2. The van der Waals surface area contributed by atoms with Crippen molar-refractivity contribution in [2.45, 2.75) is 6.92 Å². The molecule has 4 nitrogen and oxygen atoms in total. The SMILES string of the molecule is Cc1c(/C=C/C(=O)c2ccc(-n3cccc3)cc2)cnn1C. The summed E-state index contributed by atoms with van der Waals surface area (Å²) in [6.45, 7) is 1.98. The molecule has 0 atom stereocenters. The van der Waals surface area contributed by atoms with Gasteiger partial charge in [0, 0.05) is 41.9 Å². The Hall–Kier alpha value is -2.88. The minimum absolute atomic E-state index is 0.0118. The van der Waals surface area contributed by atoms with Crippen molar-refractivity contribution < 1.29 is 4.79 Å². The predicted molar refractivity (Wildman–Crippen MR) is 87.1 cm³/mol. The summed E-state index contributed by atoms with van der Waals surface area (Å²) >= 11 is 0. The second-order valence-electron chi connectivity index (χ2n) is 5.14. The third-order valence-electron chi connectivity index (χ3n) is 3.74. The molecule has 3 aromatic rings. The zero-order valence-electron chi connectivity index (χ0n) is 12.6. The van der Waals surface area contributed by atoms with E-state index in [4.69, 9.17) is 0 Å². The van der Waals surface area contributed by atoms with Crippen molar-refractivity contribution in [1.82, 2.24) is 14.3 Å². The molecule has 110 valence electrons. The molecule has 4 heteroatoms. The Kier molecular flexibility index (Phi) is 3.74. The van der Waals surface area contributed by atoms with E-state index in [0.717, 1.165) is 16.9 Å². The summed E-state index contributed by atoms with van der Waals surface area (Å²) < 4.78 is 3.79. The Balaban J connectivity index is 1.76. The molecular formula is C18H17N3O. The Bertz CT molecular complexity index is 809. The van der Waals surface area contributed by atoms with E-state index in [-0.39, 0.29) is 5.78 Å². The van der Waals surface area contributed by atoms with E-state index in [1.807, 2.05) is 73.4 Å². The fourth-order valence-corrected chi connectivity index (χ4v) is 2.25. The van der Waals surface area contributed by atoms with E-state index in [1.54, 1.807) is 17.0 Å². The Morgan fingerprint density at radius 1 is 1.14 bits per heavy atom. The van der Waals surface area contributed by atoms with E-state index in [0.29, 0.717) is 5.56 Å². The van der Waals surface area contributed by atoms with Crippen LogP contribution in [0.3, 0.4) is 0 Å². The van der Waals surface area contributed by atoms with Gasteiger partial charge in [0.1, 0.15) is 0 Å². The van der Waals surface area contributed by atoms with Gasteiger partial charge in [-0.2, -0.15) is 5.10 Å². The molecular weight excluding hydrogens is 274 g/mol. The summed E-state index contributed by atoms with van der Waals surface area (Å²) in [5.41, 5.74) is 3.70. The lowest BCUT2D eigenvalue weighted by Gasteiger charge is -2.03. The molecule has 3 rings (SSSR count). The minimum atomic E-state index is -0.0118. The second kappa shape index (κ2) is 5.85. The highest BCUT2D eigenvalue weighted by atomic mass is 16.1. The molecule has 2 heterocycles. The van der Waals surface area contributed by atoms with Crippen LogP contribution in [0.25, 0.3) is 11.8 Å². The van der Waals surface area contributed by atoms with Crippen LogP contribution in [0.1, 0.15) is 21.6 Å². The van der Waals surface area contributed by atoms with Gasteiger partial charge in [-0.05, 0) is 55.5 Å². The molecule has 0 aliphatic heterocycles. The highest BCUT2D eigenvalue weighted by Crippen LogP contribution is 2.12. The number of ketones is 1. The molecule has 0 N–H and O–H groups in total. The van der Waals surface area contributed by atoms with E-state index >= 15 is 0 Å². The first-order valence-electron chi connectivity index (χ1n) is 7.09. The number of carbonyl (C=O) groups excluding carboxylic acids is 1. The van der Waals surface area contributed by atoms with E-state index in [9.17, 15) is 4.79 Å². The minimum Gasteiger partial charge on any atom is -0.324 e. The number of rotatable bonds is 4. The smallest absolute Gasteiger partial charge is 0.185 e.